The van der Waals surface area contributed by atoms with Crippen LogP contribution in [0, 0.1) is 11.3 Å². The van der Waals surface area contributed by atoms with Crippen LogP contribution in [-0.2, 0) is 0 Å². The summed E-state index contributed by atoms with van der Waals surface area (Å²) in [7, 11) is 1.83. The fourth-order valence-corrected chi connectivity index (χ4v) is 1.96. The maximum Gasteiger partial charge on any atom is 0.163 e. The SMILES string of the molecule is CC(=O)c1ccc(N(C)c2cccc(C#N)c2)cc1O. The third-order valence-electron chi connectivity index (χ3n) is 3.11. The highest BCUT2D eigenvalue weighted by atomic mass is 16.3. The van der Waals surface area contributed by atoms with Gasteiger partial charge in [-0.3, -0.25) is 4.79 Å². The lowest BCUT2D eigenvalue weighted by molar-refractivity contribution is 0.101. The first-order chi connectivity index (χ1) is 9.52. The zero-order chi connectivity index (χ0) is 14.7. The van der Waals surface area contributed by atoms with E-state index in [9.17, 15) is 9.90 Å². The first-order valence-electron chi connectivity index (χ1n) is 6.11. The summed E-state index contributed by atoms with van der Waals surface area (Å²) in [5.41, 5.74) is 2.44. The highest BCUT2D eigenvalue weighted by Gasteiger charge is 2.10. The molecule has 0 aromatic heterocycles. The number of rotatable bonds is 3. The molecule has 0 unspecified atom stereocenters. The molecule has 2 rings (SSSR count). The molecule has 4 heteroatoms. The summed E-state index contributed by atoms with van der Waals surface area (Å²) in [5.74, 6) is -0.221. The summed E-state index contributed by atoms with van der Waals surface area (Å²) < 4.78 is 0. The van der Waals surface area contributed by atoms with Crippen molar-refractivity contribution < 1.29 is 9.90 Å². The van der Waals surface area contributed by atoms with E-state index in [0.717, 1.165) is 11.4 Å². The Hall–Kier alpha value is -2.80. The van der Waals surface area contributed by atoms with Gasteiger partial charge in [-0.2, -0.15) is 5.26 Å². The molecule has 0 fully saturated rings. The molecule has 0 radical (unpaired) electrons. The van der Waals surface area contributed by atoms with Gasteiger partial charge >= 0.3 is 0 Å². The molecule has 0 atom stereocenters. The van der Waals surface area contributed by atoms with Gasteiger partial charge in [-0.05, 0) is 37.3 Å². The second kappa shape index (κ2) is 5.45. The third-order valence-corrected chi connectivity index (χ3v) is 3.11. The molecule has 4 nitrogen and oxygen atoms in total. The van der Waals surface area contributed by atoms with Gasteiger partial charge in [0.25, 0.3) is 0 Å². The van der Waals surface area contributed by atoms with E-state index in [1.54, 1.807) is 30.3 Å². The predicted molar refractivity (Wildman–Crippen MR) is 77.3 cm³/mol. The molecule has 0 aliphatic rings. The number of hydrogen-bond acceptors (Lipinski definition) is 4. The highest BCUT2D eigenvalue weighted by molar-refractivity contribution is 5.97. The van der Waals surface area contributed by atoms with E-state index in [1.165, 1.54) is 13.0 Å². The van der Waals surface area contributed by atoms with Crippen molar-refractivity contribution in [3.63, 3.8) is 0 Å². The minimum atomic E-state index is -0.178. The van der Waals surface area contributed by atoms with Gasteiger partial charge in [-0.1, -0.05) is 6.07 Å². The lowest BCUT2D eigenvalue weighted by Gasteiger charge is -2.20. The molecule has 0 heterocycles. The zero-order valence-electron chi connectivity index (χ0n) is 11.3. The number of phenolic OH excluding ortho intramolecular Hbond substituents is 1. The van der Waals surface area contributed by atoms with Gasteiger partial charge in [0.05, 0.1) is 17.2 Å². The van der Waals surface area contributed by atoms with Crippen molar-refractivity contribution in [2.75, 3.05) is 11.9 Å². The van der Waals surface area contributed by atoms with Crippen LogP contribution in [0.5, 0.6) is 5.75 Å². The Morgan fingerprint density at radius 3 is 2.50 bits per heavy atom. The number of Topliss-reactive ketones (excluding diaryl/α,β-unsaturated/α-hetero) is 1. The number of phenols is 1. The Bertz CT molecular complexity index is 702. The number of nitriles is 1. The Balaban J connectivity index is 2.38. The van der Waals surface area contributed by atoms with Crippen molar-refractivity contribution >= 4 is 17.2 Å². The van der Waals surface area contributed by atoms with E-state index >= 15 is 0 Å². The molecule has 0 spiro atoms. The van der Waals surface area contributed by atoms with Crippen LogP contribution in [0.3, 0.4) is 0 Å². The van der Waals surface area contributed by atoms with Crippen molar-refractivity contribution in [3.8, 4) is 11.8 Å². The quantitative estimate of drug-likeness (QED) is 0.866. The topological polar surface area (TPSA) is 64.3 Å². The Kier molecular flexibility index (Phi) is 3.72. The van der Waals surface area contributed by atoms with Gasteiger partial charge in [-0.25, -0.2) is 0 Å². The Morgan fingerprint density at radius 2 is 1.90 bits per heavy atom. The normalized spacial score (nSPS) is 9.85. The number of benzene rings is 2. The van der Waals surface area contributed by atoms with Crippen LogP contribution in [-0.4, -0.2) is 17.9 Å². The lowest BCUT2D eigenvalue weighted by Crippen LogP contribution is -2.09. The molecule has 2 aromatic rings. The predicted octanol–water partition coefficient (Wildman–Crippen LogP) is 3.23. The van der Waals surface area contributed by atoms with Crippen molar-refractivity contribution in [2.45, 2.75) is 6.92 Å². The van der Waals surface area contributed by atoms with E-state index in [2.05, 4.69) is 6.07 Å². The van der Waals surface area contributed by atoms with E-state index in [-0.39, 0.29) is 11.5 Å². The van der Waals surface area contributed by atoms with Crippen LogP contribution in [0.2, 0.25) is 0 Å². The second-order valence-corrected chi connectivity index (χ2v) is 4.48. The van der Waals surface area contributed by atoms with Crippen molar-refractivity contribution in [2.24, 2.45) is 0 Å². The number of ketones is 1. The Morgan fingerprint density at radius 1 is 1.20 bits per heavy atom. The van der Waals surface area contributed by atoms with Gasteiger partial charge in [0.2, 0.25) is 0 Å². The maximum absolute atomic E-state index is 11.3. The molecule has 0 amide bonds. The molecule has 0 saturated carbocycles. The minimum Gasteiger partial charge on any atom is -0.507 e. The number of nitrogens with zero attached hydrogens (tertiary/aromatic N) is 2. The standard InChI is InChI=1S/C16H14N2O2/c1-11(19)15-7-6-14(9-16(15)20)18(2)13-5-3-4-12(8-13)10-17/h3-9,20H,1-2H3. The van der Waals surface area contributed by atoms with E-state index in [1.807, 2.05) is 18.0 Å². The van der Waals surface area contributed by atoms with Crippen LogP contribution in [0.25, 0.3) is 0 Å². The smallest absolute Gasteiger partial charge is 0.163 e. The molecule has 0 bridgehead atoms. The van der Waals surface area contributed by atoms with Crippen molar-refractivity contribution in [3.05, 3.63) is 53.6 Å². The number of carbonyl (C=O) groups excluding carboxylic acids is 1. The highest BCUT2D eigenvalue weighted by Crippen LogP contribution is 2.29. The van der Waals surface area contributed by atoms with Crippen molar-refractivity contribution in [1.82, 2.24) is 0 Å². The largest absolute Gasteiger partial charge is 0.507 e. The average molecular weight is 266 g/mol. The van der Waals surface area contributed by atoms with Gasteiger partial charge in [0.15, 0.2) is 5.78 Å². The molecule has 0 saturated heterocycles. The summed E-state index contributed by atoms with van der Waals surface area (Å²) in [5, 5.41) is 18.8. The maximum atomic E-state index is 11.3. The molecule has 20 heavy (non-hydrogen) atoms. The summed E-state index contributed by atoms with van der Waals surface area (Å²) in [6, 6.07) is 14.1. The van der Waals surface area contributed by atoms with Crippen molar-refractivity contribution in [1.29, 1.82) is 5.26 Å². The summed E-state index contributed by atoms with van der Waals surface area (Å²) in [4.78, 5) is 13.1. The zero-order valence-corrected chi connectivity index (χ0v) is 11.3. The van der Waals surface area contributed by atoms with Gasteiger partial charge in [0, 0.05) is 24.5 Å². The summed E-state index contributed by atoms with van der Waals surface area (Å²) in [6.45, 7) is 1.41. The van der Waals surface area contributed by atoms with Crippen LogP contribution < -0.4 is 4.90 Å². The molecule has 0 aliphatic carbocycles. The van der Waals surface area contributed by atoms with Gasteiger partial charge in [-0.15, -0.1) is 0 Å². The second-order valence-electron chi connectivity index (χ2n) is 4.48. The van der Waals surface area contributed by atoms with E-state index in [0.29, 0.717) is 11.1 Å². The monoisotopic (exact) mass is 266 g/mol. The molecule has 1 N–H and O–H groups in total. The number of hydrogen-bond donors (Lipinski definition) is 1. The Labute approximate surface area is 117 Å². The van der Waals surface area contributed by atoms with E-state index in [4.69, 9.17) is 5.26 Å². The fourth-order valence-electron chi connectivity index (χ4n) is 1.96. The molecule has 2 aromatic carbocycles. The van der Waals surface area contributed by atoms with Crippen LogP contribution >= 0.6 is 0 Å². The van der Waals surface area contributed by atoms with Gasteiger partial charge in [0.1, 0.15) is 5.75 Å². The molecule has 0 aliphatic heterocycles. The number of anilines is 2. The summed E-state index contributed by atoms with van der Waals surface area (Å²) >= 11 is 0. The number of aromatic hydroxyl groups is 1. The van der Waals surface area contributed by atoms with E-state index < -0.39 is 0 Å². The lowest BCUT2D eigenvalue weighted by atomic mass is 10.1. The van der Waals surface area contributed by atoms with Crippen LogP contribution in [0.15, 0.2) is 42.5 Å². The number of carbonyl (C=O) groups is 1. The third kappa shape index (κ3) is 2.62. The first kappa shape index (κ1) is 13.6. The van der Waals surface area contributed by atoms with Gasteiger partial charge < -0.3 is 10.0 Å². The first-order valence-corrected chi connectivity index (χ1v) is 6.11. The summed E-state index contributed by atoms with van der Waals surface area (Å²) in [6.07, 6.45) is 0. The van der Waals surface area contributed by atoms with Crippen LogP contribution in [0.4, 0.5) is 11.4 Å². The van der Waals surface area contributed by atoms with Crippen LogP contribution in [0.1, 0.15) is 22.8 Å². The molecular formula is C16H14N2O2. The molecular weight excluding hydrogens is 252 g/mol. The fraction of sp³-hybridized carbons (Fsp3) is 0.125. The average Bonchev–Trinajstić information content (AvgIpc) is 2.46. The minimum absolute atomic E-state index is 0.0433. The molecule has 100 valence electrons.